The highest BCUT2D eigenvalue weighted by molar-refractivity contribution is 5.87. The fraction of sp³-hybridized carbons (Fsp3) is 0.300. The fourth-order valence-corrected chi connectivity index (χ4v) is 1.19. The second-order valence-electron chi connectivity index (χ2n) is 3.32. The van der Waals surface area contributed by atoms with Crippen LogP contribution in [-0.2, 0) is 0 Å². The SMILES string of the molecule is Cc1cccc(F)c1NC(C)/C(N)=N/O. The van der Waals surface area contributed by atoms with Crippen molar-refractivity contribution < 1.29 is 9.60 Å². The molecule has 0 aliphatic carbocycles. The van der Waals surface area contributed by atoms with Crippen molar-refractivity contribution in [1.82, 2.24) is 0 Å². The molecule has 1 atom stereocenters. The van der Waals surface area contributed by atoms with Gasteiger partial charge in [0.05, 0.1) is 11.7 Å². The van der Waals surface area contributed by atoms with Crippen molar-refractivity contribution in [3.8, 4) is 0 Å². The van der Waals surface area contributed by atoms with Crippen molar-refractivity contribution in [3.63, 3.8) is 0 Å². The largest absolute Gasteiger partial charge is 0.409 e. The molecule has 0 aliphatic heterocycles. The Bertz CT molecular complexity index is 359. The molecule has 0 fully saturated rings. The lowest BCUT2D eigenvalue weighted by atomic mass is 10.1. The van der Waals surface area contributed by atoms with Crippen LogP contribution in [0.3, 0.4) is 0 Å². The van der Waals surface area contributed by atoms with Gasteiger partial charge in [0.25, 0.3) is 0 Å². The average Bonchev–Trinajstić information content (AvgIpc) is 2.22. The van der Waals surface area contributed by atoms with Gasteiger partial charge in [-0.1, -0.05) is 17.3 Å². The second kappa shape index (κ2) is 4.63. The van der Waals surface area contributed by atoms with Crippen molar-refractivity contribution in [1.29, 1.82) is 0 Å². The van der Waals surface area contributed by atoms with Crippen LogP contribution >= 0.6 is 0 Å². The molecule has 5 heteroatoms. The topological polar surface area (TPSA) is 70.6 Å². The number of anilines is 1. The molecule has 0 saturated heterocycles. The molecular weight excluding hydrogens is 197 g/mol. The summed E-state index contributed by atoms with van der Waals surface area (Å²) in [5, 5.41) is 14.1. The number of halogens is 1. The monoisotopic (exact) mass is 211 g/mol. The zero-order valence-corrected chi connectivity index (χ0v) is 8.66. The number of benzene rings is 1. The molecule has 0 bridgehead atoms. The molecule has 0 saturated carbocycles. The van der Waals surface area contributed by atoms with Crippen molar-refractivity contribution >= 4 is 11.5 Å². The number of rotatable bonds is 3. The minimum Gasteiger partial charge on any atom is -0.409 e. The molecule has 0 aromatic heterocycles. The Kier molecular flexibility index (Phi) is 3.49. The number of nitrogens with one attached hydrogen (secondary N) is 1. The smallest absolute Gasteiger partial charge is 0.161 e. The van der Waals surface area contributed by atoms with Crippen molar-refractivity contribution in [2.24, 2.45) is 10.9 Å². The number of hydrogen-bond acceptors (Lipinski definition) is 3. The Morgan fingerprint density at radius 1 is 1.60 bits per heavy atom. The Morgan fingerprint density at radius 2 is 2.27 bits per heavy atom. The Hall–Kier alpha value is -1.78. The summed E-state index contributed by atoms with van der Waals surface area (Å²) in [6.45, 7) is 3.46. The first-order chi connectivity index (χ1) is 7.06. The molecule has 4 N–H and O–H groups in total. The van der Waals surface area contributed by atoms with Crippen molar-refractivity contribution in [3.05, 3.63) is 29.6 Å². The number of para-hydroxylation sites is 1. The van der Waals surface area contributed by atoms with E-state index < -0.39 is 6.04 Å². The Morgan fingerprint density at radius 3 is 2.80 bits per heavy atom. The van der Waals surface area contributed by atoms with E-state index in [9.17, 15) is 4.39 Å². The molecule has 0 radical (unpaired) electrons. The van der Waals surface area contributed by atoms with E-state index in [2.05, 4.69) is 10.5 Å². The summed E-state index contributed by atoms with van der Waals surface area (Å²) in [6.07, 6.45) is 0. The van der Waals surface area contributed by atoms with Crippen LogP contribution in [-0.4, -0.2) is 17.1 Å². The number of nitrogens with zero attached hydrogens (tertiary/aromatic N) is 1. The molecule has 0 heterocycles. The van der Waals surface area contributed by atoms with E-state index >= 15 is 0 Å². The molecule has 1 aromatic carbocycles. The predicted molar refractivity (Wildman–Crippen MR) is 57.6 cm³/mol. The molecule has 1 unspecified atom stereocenters. The third-order valence-electron chi connectivity index (χ3n) is 2.14. The lowest BCUT2D eigenvalue weighted by molar-refractivity contribution is 0.316. The van der Waals surface area contributed by atoms with Crippen LogP contribution in [0.4, 0.5) is 10.1 Å². The van der Waals surface area contributed by atoms with E-state index in [0.717, 1.165) is 5.56 Å². The van der Waals surface area contributed by atoms with Gasteiger partial charge in [-0.2, -0.15) is 0 Å². The summed E-state index contributed by atoms with van der Waals surface area (Å²) in [5.74, 6) is -0.342. The van der Waals surface area contributed by atoms with E-state index in [-0.39, 0.29) is 11.7 Å². The number of oxime groups is 1. The fourth-order valence-electron chi connectivity index (χ4n) is 1.19. The van der Waals surface area contributed by atoms with Crippen LogP contribution in [0.2, 0.25) is 0 Å². The maximum Gasteiger partial charge on any atom is 0.161 e. The van der Waals surface area contributed by atoms with Gasteiger partial charge >= 0.3 is 0 Å². The van der Waals surface area contributed by atoms with Gasteiger partial charge in [0.1, 0.15) is 5.82 Å². The van der Waals surface area contributed by atoms with Crippen LogP contribution in [0, 0.1) is 12.7 Å². The first kappa shape index (κ1) is 11.3. The standard InChI is InChI=1S/C10H14FN3O/c1-6-4-3-5-8(11)9(6)13-7(2)10(12)14-15/h3-5,7,13,15H,1-2H3,(H2,12,14). The molecular formula is C10H14FN3O. The van der Waals surface area contributed by atoms with Gasteiger partial charge in [-0.05, 0) is 25.5 Å². The van der Waals surface area contributed by atoms with Gasteiger partial charge in [-0.25, -0.2) is 4.39 Å². The number of nitrogens with two attached hydrogens (primary N) is 1. The average molecular weight is 211 g/mol. The second-order valence-corrected chi connectivity index (χ2v) is 3.32. The van der Waals surface area contributed by atoms with Gasteiger partial charge in [-0.3, -0.25) is 0 Å². The maximum absolute atomic E-state index is 13.4. The highest BCUT2D eigenvalue weighted by Crippen LogP contribution is 2.19. The first-order valence-corrected chi connectivity index (χ1v) is 4.55. The van der Waals surface area contributed by atoms with Gasteiger partial charge in [0.15, 0.2) is 5.84 Å². The number of hydrogen-bond donors (Lipinski definition) is 3. The van der Waals surface area contributed by atoms with Gasteiger partial charge < -0.3 is 16.3 Å². The van der Waals surface area contributed by atoms with Gasteiger partial charge in [-0.15, -0.1) is 0 Å². The summed E-state index contributed by atoms with van der Waals surface area (Å²) in [4.78, 5) is 0. The summed E-state index contributed by atoms with van der Waals surface area (Å²) < 4.78 is 13.4. The molecule has 1 aromatic rings. The van der Waals surface area contributed by atoms with E-state index in [1.165, 1.54) is 6.07 Å². The minimum atomic E-state index is -0.425. The van der Waals surface area contributed by atoms with Crippen LogP contribution in [0.15, 0.2) is 23.4 Å². The third-order valence-corrected chi connectivity index (χ3v) is 2.14. The molecule has 82 valence electrons. The van der Waals surface area contributed by atoms with Crippen LogP contribution in [0.25, 0.3) is 0 Å². The van der Waals surface area contributed by atoms with E-state index in [1.54, 1.807) is 26.0 Å². The van der Waals surface area contributed by atoms with Crippen LogP contribution in [0.1, 0.15) is 12.5 Å². The quantitative estimate of drug-likeness (QED) is 0.308. The van der Waals surface area contributed by atoms with Crippen molar-refractivity contribution in [2.45, 2.75) is 19.9 Å². The minimum absolute atomic E-state index is 0.0117. The Labute approximate surface area is 87.6 Å². The van der Waals surface area contributed by atoms with E-state index in [0.29, 0.717) is 5.69 Å². The molecule has 0 aliphatic rings. The molecule has 0 spiro atoms. The van der Waals surface area contributed by atoms with Crippen molar-refractivity contribution in [2.75, 3.05) is 5.32 Å². The number of amidine groups is 1. The lowest BCUT2D eigenvalue weighted by Crippen LogP contribution is -2.33. The normalized spacial score (nSPS) is 13.7. The molecule has 15 heavy (non-hydrogen) atoms. The summed E-state index contributed by atoms with van der Waals surface area (Å²) in [7, 11) is 0. The third kappa shape index (κ3) is 2.59. The van der Waals surface area contributed by atoms with Crippen LogP contribution < -0.4 is 11.1 Å². The summed E-state index contributed by atoms with van der Waals surface area (Å²) >= 11 is 0. The van der Waals surface area contributed by atoms with Crippen LogP contribution in [0.5, 0.6) is 0 Å². The number of aryl methyl sites for hydroxylation is 1. The van der Waals surface area contributed by atoms with E-state index in [4.69, 9.17) is 10.9 Å². The van der Waals surface area contributed by atoms with Gasteiger partial charge in [0, 0.05) is 0 Å². The summed E-state index contributed by atoms with van der Waals surface area (Å²) in [6, 6.07) is 4.34. The predicted octanol–water partition coefficient (Wildman–Crippen LogP) is 1.68. The molecule has 1 rings (SSSR count). The summed E-state index contributed by atoms with van der Waals surface area (Å²) in [5.41, 5.74) is 6.52. The maximum atomic E-state index is 13.4. The lowest BCUT2D eigenvalue weighted by Gasteiger charge is -2.16. The first-order valence-electron chi connectivity index (χ1n) is 4.55. The zero-order chi connectivity index (χ0) is 11.4. The molecule has 4 nitrogen and oxygen atoms in total. The van der Waals surface area contributed by atoms with Gasteiger partial charge in [0.2, 0.25) is 0 Å². The highest BCUT2D eigenvalue weighted by atomic mass is 19.1. The Balaban J connectivity index is 2.90. The zero-order valence-electron chi connectivity index (χ0n) is 8.66. The molecule has 0 amide bonds. The van der Waals surface area contributed by atoms with E-state index in [1.807, 2.05) is 0 Å². The highest BCUT2D eigenvalue weighted by Gasteiger charge is 2.11.